The summed E-state index contributed by atoms with van der Waals surface area (Å²) in [6.07, 6.45) is 0. The van der Waals surface area contributed by atoms with Gasteiger partial charge in [-0.1, -0.05) is 23.5 Å². The summed E-state index contributed by atoms with van der Waals surface area (Å²) in [5.41, 5.74) is 1.49. The van der Waals surface area contributed by atoms with Crippen LogP contribution in [-0.2, 0) is 0 Å². The molecule has 5 heteroatoms. The zero-order valence-corrected chi connectivity index (χ0v) is 11.0. The van der Waals surface area contributed by atoms with Crippen molar-refractivity contribution in [3.8, 4) is 5.75 Å². The third kappa shape index (κ3) is 2.37. The number of hydrogen-bond acceptors (Lipinski definition) is 4. The van der Waals surface area contributed by atoms with Gasteiger partial charge in [0.05, 0.1) is 23.0 Å². The molecule has 0 radical (unpaired) electrons. The lowest BCUT2D eigenvalue weighted by Crippen LogP contribution is -1.93. The third-order valence-corrected chi connectivity index (χ3v) is 3.65. The lowest BCUT2D eigenvalue weighted by molar-refractivity contribution is 0.417. The second-order valence-electron chi connectivity index (χ2n) is 3.96. The van der Waals surface area contributed by atoms with Gasteiger partial charge in [-0.15, -0.1) is 0 Å². The van der Waals surface area contributed by atoms with E-state index in [0.29, 0.717) is 10.6 Å². The van der Waals surface area contributed by atoms with E-state index in [2.05, 4.69) is 10.3 Å². The average Bonchev–Trinajstić information content (AvgIpc) is 2.80. The summed E-state index contributed by atoms with van der Waals surface area (Å²) in [7, 11) is 1.62. The van der Waals surface area contributed by atoms with Crippen molar-refractivity contribution < 1.29 is 9.13 Å². The highest BCUT2D eigenvalue weighted by molar-refractivity contribution is 7.22. The van der Waals surface area contributed by atoms with Gasteiger partial charge in [-0.25, -0.2) is 9.37 Å². The van der Waals surface area contributed by atoms with Gasteiger partial charge < -0.3 is 10.1 Å². The van der Waals surface area contributed by atoms with Crippen molar-refractivity contribution in [2.75, 3.05) is 12.4 Å². The molecule has 3 aromatic rings. The summed E-state index contributed by atoms with van der Waals surface area (Å²) >= 11 is 1.48. The third-order valence-electron chi connectivity index (χ3n) is 2.70. The number of hydrogen-bond donors (Lipinski definition) is 1. The first-order valence-corrected chi connectivity index (χ1v) is 6.54. The number of nitrogens with zero attached hydrogens (tertiary/aromatic N) is 1. The molecule has 0 amide bonds. The van der Waals surface area contributed by atoms with Crippen LogP contribution in [0.4, 0.5) is 15.2 Å². The van der Waals surface area contributed by atoms with Crippen LogP contribution in [0.1, 0.15) is 0 Å². The van der Waals surface area contributed by atoms with Gasteiger partial charge >= 0.3 is 0 Å². The summed E-state index contributed by atoms with van der Waals surface area (Å²) in [5.74, 6) is 0.467. The number of anilines is 2. The quantitative estimate of drug-likeness (QED) is 0.777. The Morgan fingerprint density at radius 1 is 1.21 bits per heavy atom. The molecule has 19 heavy (non-hydrogen) atoms. The highest BCUT2D eigenvalue weighted by Gasteiger charge is 2.07. The number of aromatic nitrogens is 1. The van der Waals surface area contributed by atoms with Crippen LogP contribution in [0.3, 0.4) is 0 Å². The zero-order chi connectivity index (χ0) is 13.2. The first-order valence-electron chi connectivity index (χ1n) is 5.72. The fraction of sp³-hybridized carbons (Fsp3) is 0.0714. The van der Waals surface area contributed by atoms with Crippen LogP contribution in [0.2, 0.25) is 0 Å². The predicted octanol–water partition coefficient (Wildman–Crippen LogP) is 4.19. The number of fused-ring (bicyclic) bond motifs is 1. The molecule has 3 rings (SSSR count). The van der Waals surface area contributed by atoms with Crippen molar-refractivity contribution in [3.63, 3.8) is 0 Å². The molecule has 0 fully saturated rings. The molecule has 0 saturated carbocycles. The van der Waals surface area contributed by atoms with E-state index in [1.165, 1.54) is 23.5 Å². The molecule has 0 aliphatic carbocycles. The molecule has 1 N–H and O–H groups in total. The van der Waals surface area contributed by atoms with Gasteiger partial charge in [0, 0.05) is 6.07 Å². The Morgan fingerprint density at radius 3 is 2.89 bits per heavy atom. The van der Waals surface area contributed by atoms with Crippen LogP contribution in [0.25, 0.3) is 10.2 Å². The monoisotopic (exact) mass is 274 g/mol. The van der Waals surface area contributed by atoms with Gasteiger partial charge in [0.2, 0.25) is 0 Å². The smallest absolute Gasteiger partial charge is 0.188 e. The van der Waals surface area contributed by atoms with Crippen molar-refractivity contribution in [1.29, 1.82) is 0 Å². The molecule has 0 spiro atoms. The first-order chi connectivity index (χ1) is 9.26. The molecule has 0 unspecified atom stereocenters. The molecule has 0 saturated heterocycles. The van der Waals surface area contributed by atoms with Crippen molar-refractivity contribution in [1.82, 2.24) is 4.98 Å². The van der Waals surface area contributed by atoms with E-state index in [1.54, 1.807) is 13.2 Å². The van der Waals surface area contributed by atoms with Gasteiger partial charge in [-0.3, -0.25) is 0 Å². The minimum atomic E-state index is -0.276. The molecule has 1 heterocycles. The number of benzene rings is 2. The van der Waals surface area contributed by atoms with Gasteiger partial charge in [-0.2, -0.15) is 0 Å². The maximum Gasteiger partial charge on any atom is 0.188 e. The molecular weight excluding hydrogens is 263 g/mol. The topological polar surface area (TPSA) is 34.1 Å². The second-order valence-corrected chi connectivity index (χ2v) is 4.99. The minimum absolute atomic E-state index is 0.276. The SMILES string of the molecule is COc1ccccc1Nc1nc2cc(F)ccc2s1. The number of rotatable bonds is 3. The highest BCUT2D eigenvalue weighted by atomic mass is 32.1. The van der Waals surface area contributed by atoms with Crippen LogP contribution in [0.15, 0.2) is 42.5 Å². The van der Waals surface area contributed by atoms with E-state index < -0.39 is 0 Å². The normalized spacial score (nSPS) is 10.6. The number of thiazole rings is 1. The van der Waals surface area contributed by atoms with Crippen LogP contribution in [-0.4, -0.2) is 12.1 Å². The Labute approximate surface area is 113 Å². The number of nitrogens with one attached hydrogen (secondary N) is 1. The van der Waals surface area contributed by atoms with Gasteiger partial charge in [0.25, 0.3) is 0 Å². The second kappa shape index (κ2) is 4.85. The molecule has 0 bridgehead atoms. The van der Waals surface area contributed by atoms with Crippen molar-refractivity contribution >= 4 is 32.4 Å². The van der Waals surface area contributed by atoms with Gasteiger partial charge in [0.15, 0.2) is 5.13 Å². The van der Waals surface area contributed by atoms with Crippen LogP contribution in [0, 0.1) is 5.82 Å². The Bertz CT molecular complexity index is 726. The molecule has 0 atom stereocenters. The standard InChI is InChI=1S/C14H11FN2OS/c1-18-12-5-3-2-4-10(12)16-14-17-11-8-9(15)6-7-13(11)19-14/h2-8H,1H3,(H,16,17). The lowest BCUT2D eigenvalue weighted by atomic mass is 10.3. The lowest BCUT2D eigenvalue weighted by Gasteiger charge is -2.07. The molecule has 0 aliphatic heterocycles. The number of methoxy groups -OCH3 is 1. The molecule has 0 aliphatic rings. The molecule has 96 valence electrons. The van der Waals surface area contributed by atoms with E-state index in [0.717, 1.165) is 16.1 Å². The molecule has 3 nitrogen and oxygen atoms in total. The van der Waals surface area contributed by atoms with Crippen molar-refractivity contribution in [2.45, 2.75) is 0 Å². The fourth-order valence-corrected chi connectivity index (χ4v) is 2.68. The zero-order valence-electron chi connectivity index (χ0n) is 10.2. The molecule has 2 aromatic carbocycles. The van der Waals surface area contributed by atoms with E-state index in [-0.39, 0.29) is 5.82 Å². The van der Waals surface area contributed by atoms with E-state index in [1.807, 2.05) is 24.3 Å². The number of para-hydroxylation sites is 2. The Kier molecular flexibility index (Phi) is 3.05. The minimum Gasteiger partial charge on any atom is -0.495 e. The summed E-state index contributed by atoms with van der Waals surface area (Å²) in [5, 5.41) is 3.91. The van der Waals surface area contributed by atoms with Crippen LogP contribution >= 0.6 is 11.3 Å². The maximum absolute atomic E-state index is 13.1. The highest BCUT2D eigenvalue weighted by Crippen LogP contribution is 2.32. The Hall–Kier alpha value is -2.14. The largest absolute Gasteiger partial charge is 0.495 e. The summed E-state index contributed by atoms with van der Waals surface area (Å²) in [6, 6.07) is 12.2. The number of ether oxygens (including phenoxy) is 1. The summed E-state index contributed by atoms with van der Waals surface area (Å²) < 4.78 is 19.3. The Morgan fingerprint density at radius 2 is 2.05 bits per heavy atom. The van der Waals surface area contributed by atoms with E-state index >= 15 is 0 Å². The van der Waals surface area contributed by atoms with E-state index in [4.69, 9.17) is 4.74 Å². The van der Waals surface area contributed by atoms with Crippen molar-refractivity contribution in [2.24, 2.45) is 0 Å². The van der Waals surface area contributed by atoms with Gasteiger partial charge in [0.1, 0.15) is 11.6 Å². The first kappa shape index (κ1) is 11.9. The van der Waals surface area contributed by atoms with Gasteiger partial charge in [-0.05, 0) is 24.3 Å². The van der Waals surface area contributed by atoms with E-state index in [9.17, 15) is 4.39 Å². The molecular formula is C14H11FN2OS. The number of halogens is 1. The molecule has 1 aromatic heterocycles. The summed E-state index contributed by atoms with van der Waals surface area (Å²) in [4.78, 5) is 4.36. The predicted molar refractivity (Wildman–Crippen MR) is 75.9 cm³/mol. The van der Waals surface area contributed by atoms with Crippen molar-refractivity contribution in [3.05, 3.63) is 48.3 Å². The van der Waals surface area contributed by atoms with Crippen LogP contribution < -0.4 is 10.1 Å². The average molecular weight is 274 g/mol. The Balaban J connectivity index is 1.96. The van der Waals surface area contributed by atoms with Crippen LogP contribution in [0.5, 0.6) is 5.75 Å². The fourth-order valence-electron chi connectivity index (χ4n) is 1.82. The summed E-state index contributed by atoms with van der Waals surface area (Å²) in [6.45, 7) is 0. The maximum atomic E-state index is 13.1.